The van der Waals surface area contributed by atoms with Gasteiger partial charge in [-0.2, -0.15) is 0 Å². The fraction of sp³-hybridized carbons (Fsp3) is 0.526. The number of benzene rings is 1. The zero-order valence-electron chi connectivity index (χ0n) is 14.6. The molecular formula is C19H29N3O. The van der Waals surface area contributed by atoms with Gasteiger partial charge in [0.15, 0.2) is 0 Å². The van der Waals surface area contributed by atoms with Crippen LogP contribution in [0.2, 0.25) is 0 Å². The quantitative estimate of drug-likeness (QED) is 0.668. The minimum absolute atomic E-state index is 0.870. The smallest absolute Gasteiger partial charge is 0.121 e. The summed E-state index contributed by atoms with van der Waals surface area (Å²) in [6, 6.07) is 8.09. The largest absolute Gasteiger partial charge is 0.497 e. The summed E-state index contributed by atoms with van der Waals surface area (Å²) >= 11 is 0. The minimum Gasteiger partial charge on any atom is -0.497 e. The van der Waals surface area contributed by atoms with Crippen LogP contribution >= 0.6 is 0 Å². The van der Waals surface area contributed by atoms with Gasteiger partial charge in [0.2, 0.25) is 0 Å². The van der Waals surface area contributed by atoms with E-state index < -0.39 is 0 Å². The number of nitrogens with one attached hydrogen (secondary N) is 1. The third-order valence-corrected chi connectivity index (χ3v) is 4.28. The molecule has 0 radical (unpaired) electrons. The van der Waals surface area contributed by atoms with E-state index in [9.17, 15) is 0 Å². The summed E-state index contributed by atoms with van der Waals surface area (Å²) in [5, 5.41) is 4.63. The van der Waals surface area contributed by atoms with E-state index >= 15 is 0 Å². The first-order valence-electron chi connectivity index (χ1n) is 8.67. The van der Waals surface area contributed by atoms with E-state index in [4.69, 9.17) is 4.74 Å². The Balaban J connectivity index is 1.85. The molecule has 0 fully saturated rings. The first-order valence-corrected chi connectivity index (χ1v) is 8.67. The van der Waals surface area contributed by atoms with E-state index in [0.29, 0.717) is 0 Å². The molecule has 1 N–H and O–H groups in total. The Morgan fingerprint density at radius 1 is 1.13 bits per heavy atom. The lowest BCUT2D eigenvalue weighted by atomic mass is 10.1. The van der Waals surface area contributed by atoms with Crippen molar-refractivity contribution in [1.29, 1.82) is 0 Å². The highest BCUT2D eigenvalue weighted by atomic mass is 16.5. The van der Waals surface area contributed by atoms with E-state index in [2.05, 4.69) is 35.1 Å². The predicted molar refractivity (Wildman–Crippen MR) is 98.4 cm³/mol. The summed E-state index contributed by atoms with van der Waals surface area (Å²) in [6.07, 6.45) is 5.52. The third kappa shape index (κ3) is 5.10. The maximum atomic E-state index is 5.39. The van der Waals surface area contributed by atoms with Crippen molar-refractivity contribution in [3.05, 3.63) is 30.5 Å². The van der Waals surface area contributed by atoms with Gasteiger partial charge in [-0.25, -0.2) is 0 Å². The number of pyridine rings is 1. The highest BCUT2D eigenvalue weighted by Crippen LogP contribution is 2.27. The average molecular weight is 315 g/mol. The van der Waals surface area contributed by atoms with Crippen molar-refractivity contribution in [2.75, 3.05) is 38.6 Å². The van der Waals surface area contributed by atoms with E-state index in [0.717, 1.165) is 42.0 Å². The van der Waals surface area contributed by atoms with Crippen molar-refractivity contribution in [2.24, 2.45) is 0 Å². The molecule has 1 aromatic carbocycles. The Kier molecular flexibility index (Phi) is 7.14. The Morgan fingerprint density at radius 2 is 1.96 bits per heavy atom. The van der Waals surface area contributed by atoms with Crippen LogP contribution in [-0.4, -0.2) is 43.2 Å². The molecule has 1 heterocycles. The van der Waals surface area contributed by atoms with Gasteiger partial charge in [-0.15, -0.1) is 0 Å². The van der Waals surface area contributed by atoms with Crippen LogP contribution in [-0.2, 0) is 0 Å². The molecule has 0 amide bonds. The molecule has 0 saturated heterocycles. The van der Waals surface area contributed by atoms with Crippen LogP contribution in [0.5, 0.6) is 5.75 Å². The molecule has 0 aliphatic carbocycles. The molecule has 4 nitrogen and oxygen atoms in total. The molecule has 0 saturated carbocycles. The summed E-state index contributed by atoms with van der Waals surface area (Å²) < 4.78 is 5.39. The Morgan fingerprint density at radius 3 is 2.70 bits per heavy atom. The van der Waals surface area contributed by atoms with E-state index in [1.54, 1.807) is 7.11 Å². The first-order chi connectivity index (χ1) is 11.3. The molecule has 0 unspecified atom stereocenters. The standard InChI is InChI=1S/C19H29N3O/c1-4-22(5-2)13-8-6-7-11-20-18-15-17(23-3)14-16-10-9-12-21-19(16)18/h9-10,12,14-15,20H,4-8,11,13H2,1-3H3. The fourth-order valence-corrected chi connectivity index (χ4v) is 2.82. The molecule has 0 aliphatic heterocycles. The molecule has 2 aromatic rings. The summed E-state index contributed by atoms with van der Waals surface area (Å²) in [6.45, 7) is 8.93. The van der Waals surface area contributed by atoms with Gasteiger partial charge in [-0.1, -0.05) is 26.3 Å². The van der Waals surface area contributed by atoms with Crippen LogP contribution in [0.1, 0.15) is 33.1 Å². The van der Waals surface area contributed by atoms with Crippen molar-refractivity contribution in [3.63, 3.8) is 0 Å². The highest BCUT2D eigenvalue weighted by molar-refractivity contribution is 5.91. The van der Waals surface area contributed by atoms with E-state index in [-0.39, 0.29) is 0 Å². The highest BCUT2D eigenvalue weighted by Gasteiger charge is 2.05. The zero-order chi connectivity index (χ0) is 16.5. The fourth-order valence-electron chi connectivity index (χ4n) is 2.82. The number of unbranched alkanes of at least 4 members (excludes halogenated alkanes) is 2. The normalized spacial score (nSPS) is 11.1. The SMILES string of the molecule is CCN(CC)CCCCCNc1cc(OC)cc2cccnc12. The average Bonchev–Trinajstić information content (AvgIpc) is 2.60. The number of fused-ring (bicyclic) bond motifs is 1. The number of hydrogen-bond donors (Lipinski definition) is 1. The predicted octanol–water partition coefficient (Wildman–Crippen LogP) is 4.17. The van der Waals surface area contributed by atoms with Gasteiger partial charge in [-0.05, 0) is 44.6 Å². The van der Waals surface area contributed by atoms with Gasteiger partial charge in [0.05, 0.1) is 18.3 Å². The molecular weight excluding hydrogens is 286 g/mol. The van der Waals surface area contributed by atoms with Crippen molar-refractivity contribution >= 4 is 16.6 Å². The molecule has 0 atom stereocenters. The van der Waals surface area contributed by atoms with Crippen LogP contribution < -0.4 is 10.1 Å². The number of methoxy groups -OCH3 is 1. The van der Waals surface area contributed by atoms with E-state index in [1.807, 2.05) is 24.4 Å². The maximum absolute atomic E-state index is 5.39. The lowest BCUT2D eigenvalue weighted by Gasteiger charge is -2.17. The van der Waals surface area contributed by atoms with Gasteiger partial charge in [0.1, 0.15) is 5.75 Å². The summed E-state index contributed by atoms with van der Waals surface area (Å²) in [4.78, 5) is 6.97. The minimum atomic E-state index is 0.870. The van der Waals surface area contributed by atoms with Crippen LogP contribution in [0.25, 0.3) is 10.9 Å². The number of ether oxygens (including phenoxy) is 1. The topological polar surface area (TPSA) is 37.4 Å². The van der Waals surface area contributed by atoms with Gasteiger partial charge >= 0.3 is 0 Å². The van der Waals surface area contributed by atoms with Gasteiger partial charge < -0.3 is 15.0 Å². The second-order valence-corrected chi connectivity index (χ2v) is 5.76. The maximum Gasteiger partial charge on any atom is 0.121 e. The van der Waals surface area contributed by atoms with Crippen LogP contribution in [0.15, 0.2) is 30.5 Å². The van der Waals surface area contributed by atoms with Crippen molar-refractivity contribution < 1.29 is 4.74 Å². The Labute approximate surface area is 139 Å². The molecule has 126 valence electrons. The summed E-state index contributed by atoms with van der Waals surface area (Å²) in [7, 11) is 1.70. The van der Waals surface area contributed by atoms with Crippen molar-refractivity contribution in [3.8, 4) is 5.75 Å². The van der Waals surface area contributed by atoms with Crippen molar-refractivity contribution in [2.45, 2.75) is 33.1 Å². The first kappa shape index (κ1) is 17.5. The van der Waals surface area contributed by atoms with Crippen LogP contribution in [0, 0.1) is 0 Å². The summed E-state index contributed by atoms with van der Waals surface area (Å²) in [5.74, 6) is 0.870. The monoisotopic (exact) mass is 315 g/mol. The van der Waals surface area contributed by atoms with Crippen LogP contribution in [0.4, 0.5) is 5.69 Å². The van der Waals surface area contributed by atoms with E-state index in [1.165, 1.54) is 25.8 Å². The number of hydrogen-bond acceptors (Lipinski definition) is 4. The molecule has 1 aromatic heterocycles. The zero-order valence-corrected chi connectivity index (χ0v) is 14.6. The molecule has 0 spiro atoms. The lowest BCUT2D eigenvalue weighted by Crippen LogP contribution is -2.23. The lowest BCUT2D eigenvalue weighted by molar-refractivity contribution is 0.296. The number of nitrogens with zero attached hydrogens (tertiary/aromatic N) is 2. The third-order valence-electron chi connectivity index (χ3n) is 4.28. The van der Waals surface area contributed by atoms with Crippen molar-refractivity contribution in [1.82, 2.24) is 9.88 Å². The number of anilines is 1. The number of rotatable bonds is 10. The molecule has 23 heavy (non-hydrogen) atoms. The molecule has 0 bridgehead atoms. The second kappa shape index (κ2) is 9.36. The molecule has 2 rings (SSSR count). The summed E-state index contributed by atoms with van der Waals surface area (Å²) in [5.41, 5.74) is 2.07. The second-order valence-electron chi connectivity index (χ2n) is 5.76. The Hall–Kier alpha value is -1.81. The van der Waals surface area contributed by atoms with Gasteiger partial charge in [0.25, 0.3) is 0 Å². The Bertz CT molecular complexity index is 596. The molecule has 0 aliphatic rings. The van der Waals surface area contributed by atoms with Crippen LogP contribution in [0.3, 0.4) is 0 Å². The number of aromatic nitrogens is 1. The molecule has 4 heteroatoms. The van der Waals surface area contributed by atoms with Gasteiger partial charge in [-0.3, -0.25) is 4.98 Å². The van der Waals surface area contributed by atoms with Gasteiger partial charge in [0, 0.05) is 24.2 Å².